The average molecular weight is 328 g/mol. The highest BCUT2D eigenvalue weighted by Gasteiger charge is 2.30. The zero-order chi connectivity index (χ0) is 12.5. The molecule has 96 valence electrons. The van der Waals surface area contributed by atoms with Crippen molar-refractivity contribution in [3.63, 3.8) is 0 Å². The zero-order valence-corrected chi connectivity index (χ0v) is 12.5. The van der Waals surface area contributed by atoms with Gasteiger partial charge in [-0.15, -0.1) is 11.3 Å². The maximum atomic E-state index is 5.09. The predicted octanol–water partition coefficient (Wildman–Crippen LogP) is 3.54. The van der Waals surface area contributed by atoms with E-state index in [2.05, 4.69) is 42.4 Å². The van der Waals surface area contributed by atoms with E-state index in [0.29, 0.717) is 11.9 Å². The van der Waals surface area contributed by atoms with Crippen LogP contribution in [0.2, 0.25) is 0 Å². The summed E-state index contributed by atoms with van der Waals surface area (Å²) >= 11 is 5.37. The van der Waals surface area contributed by atoms with Gasteiger partial charge in [0.1, 0.15) is 0 Å². The third-order valence-electron chi connectivity index (χ3n) is 3.24. The summed E-state index contributed by atoms with van der Waals surface area (Å²) in [4.78, 5) is 8.16. The summed E-state index contributed by atoms with van der Waals surface area (Å²) in [5.41, 5.74) is 0. The molecular formula is C12H14BrN3OS. The highest BCUT2D eigenvalue weighted by molar-refractivity contribution is 9.10. The first-order valence-corrected chi connectivity index (χ1v) is 7.67. The number of halogens is 1. The molecule has 2 aromatic rings. The Labute approximate surface area is 118 Å². The standard InChI is InChI=1S/C12H14BrN3OS/c1-8-14-12(15-17-8)10-3-2-5-16(10)7-11-9(13)4-6-18-11/h4,6,10H,2-3,5,7H2,1H3/t10-/m0/s1. The Hall–Kier alpha value is -0.720. The first kappa shape index (κ1) is 12.3. The molecule has 0 amide bonds. The normalized spacial score (nSPS) is 20.7. The number of hydrogen-bond donors (Lipinski definition) is 0. The average Bonchev–Trinajstić information content (AvgIpc) is 3.03. The molecule has 1 atom stereocenters. The van der Waals surface area contributed by atoms with E-state index >= 15 is 0 Å². The van der Waals surface area contributed by atoms with Gasteiger partial charge >= 0.3 is 0 Å². The Balaban J connectivity index is 1.77. The van der Waals surface area contributed by atoms with Gasteiger partial charge in [-0.3, -0.25) is 4.90 Å². The lowest BCUT2D eigenvalue weighted by Gasteiger charge is -2.21. The maximum absolute atomic E-state index is 5.09. The lowest BCUT2D eigenvalue weighted by molar-refractivity contribution is 0.236. The smallest absolute Gasteiger partial charge is 0.223 e. The van der Waals surface area contributed by atoms with Gasteiger partial charge in [-0.25, -0.2) is 0 Å². The minimum atomic E-state index is 0.302. The van der Waals surface area contributed by atoms with Gasteiger partial charge in [-0.05, 0) is 46.8 Å². The fourth-order valence-electron chi connectivity index (χ4n) is 2.38. The van der Waals surface area contributed by atoms with Crippen molar-refractivity contribution in [1.82, 2.24) is 15.0 Å². The molecule has 1 aliphatic rings. The van der Waals surface area contributed by atoms with Crippen LogP contribution < -0.4 is 0 Å². The molecule has 0 bridgehead atoms. The summed E-state index contributed by atoms with van der Waals surface area (Å²) < 4.78 is 6.29. The third-order valence-corrected chi connectivity index (χ3v) is 5.15. The van der Waals surface area contributed by atoms with E-state index in [-0.39, 0.29) is 0 Å². The topological polar surface area (TPSA) is 42.2 Å². The van der Waals surface area contributed by atoms with E-state index in [0.717, 1.165) is 25.3 Å². The number of aromatic nitrogens is 2. The highest BCUT2D eigenvalue weighted by atomic mass is 79.9. The number of thiophene rings is 1. The van der Waals surface area contributed by atoms with E-state index in [1.165, 1.54) is 15.8 Å². The van der Waals surface area contributed by atoms with Gasteiger partial charge in [0.05, 0.1) is 6.04 Å². The van der Waals surface area contributed by atoms with Crippen molar-refractivity contribution >= 4 is 27.3 Å². The van der Waals surface area contributed by atoms with Crippen LogP contribution in [0.5, 0.6) is 0 Å². The Kier molecular flexibility index (Phi) is 3.50. The summed E-state index contributed by atoms with van der Waals surface area (Å²) in [7, 11) is 0. The Morgan fingerprint density at radius 1 is 1.61 bits per heavy atom. The fourth-order valence-corrected chi connectivity index (χ4v) is 3.88. The zero-order valence-electron chi connectivity index (χ0n) is 10.1. The SMILES string of the molecule is Cc1nc([C@@H]2CCCN2Cc2sccc2Br)no1. The number of hydrogen-bond acceptors (Lipinski definition) is 5. The summed E-state index contributed by atoms with van der Waals surface area (Å²) in [6, 6.07) is 2.40. The minimum absolute atomic E-state index is 0.302. The van der Waals surface area contributed by atoms with Crippen LogP contribution in [0.15, 0.2) is 20.4 Å². The van der Waals surface area contributed by atoms with Crippen LogP contribution in [0.25, 0.3) is 0 Å². The van der Waals surface area contributed by atoms with Gasteiger partial charge in [-0.2, -0.15) is 4.98 Å². The largest absolute Gasteiger partial charge is 0.340 e. The lowest BCUT2D eigenvalue weighted by Crippen LogP contribution is -2.23. The quantitative estimate of drug-likeness (QED) is 0.864. The van der Waals surface area contributed by atoms with Crippen molar-refractivity contribution in [2.75, 3.05) is 6.54 Å². The van der Waals surface area contributed by atoms with Crippen molar-refractivity contribution < 1.29 is 4.52 Å². The van der Waals surface area contributed by atoms with Gasteiger partial charge in [0.25, 0.3) is 0 Å². The second-order valence-electron chi connectivity index (χ2n) is 4.49. The van der Waals surface area contributed by atoms with Gasteiger partial charge in [0, 0.05) is 22.8 Å². The van der Waals surface area contributed by atoms with Crippen molar-refractivity contribution in [3.8, 4) is 0 Å². The Morgan fingerprint density at radius 3 is 3.17 bits per heavy atom. The van der Waals surface area contributed by atoms with Crippen LogP contribution in [0.3, 0.4) is 0 Å². The number of nitrogens with zero attached hydrogens (tertiary/aromatic N) is 3. The van der Waals surface area contributed by atoms with E-state index in [1.807, 2.05) is 6.92 Å². The van der Waals surface area contributed by atoms with E-state index in [9.17, 15) is 0 Å². The Bertz CT molecular complexity index is 539. The third kappa shape index (κ3) is 2.37. The second-order valence-corrected chi connectivity index (χ2v) is 6.35. The van der Waals surface area contributed by atoms with Crippen LogP contribution in [0.4, 0.5) is 0 Å². The lowest BCUT2D eigenvalue weighted by atomic mass is 10.2. The molecule has 2 aromatic heterocycles. The van der Waals surface area contributed by atoms with Crippen LogP contribution in [-0.2, 0) is 6.54 Å². The molecule has 1 aliphatic heterocycles. The second kappa shape index (κ2) is 5.11. The molecule has 0 radical (unpaired) electrons. The molecular weight excluding hydrogens is 314 g/mol. The summed E-state index contributed by atoms with van der Waals surface area (Å²) in [5, 5.41) is 6.18. The molecule has 3 rings (SSSR count). The molecule has 18 heavy (non-hydrogen) atoms. The molecule has 0 aromatic carbocycles. The molecule has 6 heteroatoms. The molecule has 3 heterocycles. The maximum Gasteiger partial charge on any atom is 0.223 e. The van der Waals surface area contributed by atoms with Crippen molar-refractivity contribution in [1.29, 1.82) is 0 Å². The summed E-state index contributed by atoms with van der Waals surface area (Å²) in [6.45, 7) is 3.89. The monoisotopic (exact) mass is 327 g/mol. The van der Waals surface area contributed by atoms with Crippen LogP contribution in [-0.4, -0.2) is 21.6 Å². The van der Waals surface area contributed by atoms with E-state index in [1.54, 1.807) is 11.3 Å². The molecule has 0 N–H and O–H groups in total. The molecule has 4 nitrogen and oxygen atoms in total. The number of rotatable bonds is 3. The summed E-state index contributed by atoms with van der Waals surface area (Å²) in [5.74, 6) is 1.48. The molecule has 0 aliphatic carbocycles. The van der Waals surface area contributed by atoms with E-state index < -0.39 is 0 Å². The first-order chi connectivity index (χ1) is 8.74. The first-order valence-electron chi connectivity index (χ1n) is 6.00. The minimum Gasteiger partial charge on any atom is -0.340 e. The summed E-state index contributed by atoms with van der Waals surface area (Å²) in [6.07, 6.45) is 2.31. The Morgan fingerprint density at radius 2 is 2.50 bits per heavy atom. The molecule has 0 spiro atoms. The van der Waals surface area contributed by atoms with Crippen LogP contribution >= 0.6 is 27.3 Å². The predicted molar refractivity (Wildman–Crippen MR) is 73.4 cm³/mol. The number of aryl methyl sites for hydroxylation is 1. The molecule has 1 fully saturated rings. The van der Waals surface area contributed by atoms with Gasteiger partial charge < -0.3 is 4.52 Å². The molecule has 0 saturated carbocycles. The van der Waals surface area contributed by atoms with E-state index in [4.69, 9.17) is 4.52 Å². The molecule has 1 saturated heterocycles. The van der Waals surface area contributed by atoms with Crippen molar-refractivity contribution in [3.05, 3.63) is 32.5 Å². The van der Waals surface area contributed by atoms with Gasteiger partial charge in [-0.1, -0.05) is 5.16 Å². The van der Waals surface area contributed by atoms with Crippen LogP contribution in [0.1, 0.15) is 35.5 Å². The van der Waals surface area contributed by atoms with Crippen molar-refractivity contribution in [2.24, 2.45) is 0 Å². The molecule has 0 unspecified atom stereocenters. The van der Waals surface area contributed by atoms with Crippen LogP contribution in [0, 0.1) is 6.92 Å². The van der Waals surface area contributed by atoms with Gasteiger partial charge in [0.2, 0.25) is 5.89 Å². The number of likely N-dealkylation sites (tertiary alicyclic amines) is 1. The van der Waals surface area contributed by atoms with Crippen molar-refractivity contribution in [2.45, 2.75) is 32.4 Å². The van der Waals surface area contributed by atoms with Gasteiger partial charge in [0.15, 0.2) is 5.82 Å². The fraction of sp³-hybridized carbons (Fsp3) is 0.500. The highest BCUT2D eigenvalue weighted by Crippen LogP contribution is 2.34.